The van der Waals surface area contributed by atoms with E-state index in [0.29, 0.717) is 0 Å². The van der Waals surface area contributed by atoms with Gasteiger partial charge in [0.25, 0.3) is 0 Å². The molecule has 0 saturated heterocycles. The number of rotatable bonds is 5. The molecule has 0 heterocycles. The van der Waals surface area contributed by atoms with E-state index in [-0.39, 0.29) is 24.2 Å². The molecule has 0 radical (unpaired) electrons. The van der Waals surface area contributed by atoms with Gasteiger partial charge in [0.2, 0.25) is 0 Å². The number of halogens is 5. The third-order valence-electron chi connectivity index (χ3n) is 2.33. The van der Waals surface area contributed by atoms with Crippen LogP contribution in [0.4, 0.5) is 22.0 Å². The van der Waals surface area contributed by atoms with Gasteiger partial charge in [-0.1, -0.05) is 18.2 Å². The Bertz CT molecular complexity index is 380. The molecule has 0 aromatic heterocycles. The van der Waals surface area contributed by atoms with Gasteiger partial charge in [-0.25, -0.2) is 0 Å². The van der Waals surface area contributed by atoms with Crippen LogP contribution in [0.3, 0.4) is 0 Å². The van der Waals surface area contributed by atoms with Crippen molar-refractivity contribution in [3.8, 4) is 5.75 Å². The van der Waals surface area contributed by atoms with E-state index in [1.54, 1.807) is 0 Å². The lowest BCUT2D eigenvalue weighted by Crippen LogP contribution is -2.37. The van der Waals surface area contributed by atoms with Crippen LogP contribution in [0, 0.1) is 0 Å². The highest BCUT2D eigenvalue weighted by Gasteiger charge is 2.36. The summed E-state index contributed by atoms with van der Waals surface area (Å²) in [4.78, 5) is 0. The second-order valence-electron chi connectivity index (χ2n) is 3.67. The minimum absolute atomic E-state index is 0.0798. The molecule has 1 rings (SSSR count). The molecule has 0 aliphatic heterocycles. The predicted octanol–water partition coefficient (Wildman–Crippen LogP) is 3.11. The van der Waals surface area contributed by atoms with Crippen LogP contribution in [0.15, 0.2) is 24.3 Å². The molecular weight excluding hydrogens is 257 g/mol. The van der Waals surface area contributed by atoms with Crippen LogP contribution >= 0.6 is 0 Å². The maximum atomic E-state index is 12.2. The standard InChI is InChI=1S/C11H12F5NO/c12-10(13)18-8-4-2-1-3-7(8)5-6-9(17)11(14,15)16/h1-4,9-10H,5-6,17H2. The van der Waals surface area contributed by atoms with Crippen molar-refractivity contribution in [2.45, 2.75) is 31.7 Å². The fourth-order valence-corrected chi connectivity index (χ4v) is 1.40. The predicted molar refractivity (Wildman–Crippen MR) is 55.4 cm³/mol. The van der Waals surface area contributed by atoms with E-state index >= 15 is 0 Å². The van der Waals surface area contributed by atoms with Gasteiger partial charge < -0.3 is 10.5 Å². The minimum atomic E-state index is -4.49. The van der Waals surface area contributed by atoms with Crippen molar-refractivity contribution in [3.63, 3.8) is 0 Å². The maximum Gasteiger partial charge on any atom is 0.403 e. The Morgan fingerprint density at radius 2 is 1.78 bits per heavy atom. The van der Waals surface area contributed by atoms with Crippen LogP contribution in [-0.2, 0) is 6.42 Å². The SMILES string of the molecule is NC(CCc1ccccc1OC(F)F)C(F)(F)F. The van der Waals surface area contributed by atoms with Crippen LogP contribution < -0.4 is 10.5 Å². The zero-order valence-corrected chi connectivity index (χ0v) is 9.25. The highest BCUT2D eigenvalue weighted by molar-refractivity contribution is 5.33. The van der Waals surface area contributed by atoms with Crippen molar-refractivity contribution in [2.75, 3.05) is 0 Å². The van der Waals surface area contributed by atoms with Gasteiger partial charge in [0.1, 0.15) is 11.8 Å². The third-order valence-corrected chi connectivity index (χ3v) is 2.33. The molecule has 0 spiro atoms. The van der Waals surface area contributed by atoms with Crippen molar-refractivity contribution in [3.05, 3.63) is 29.8 Å². The summed E-state index contributed by atoms with van der Waals surface area (Å²) >= 11 is 0. The zero-order valence-electron chi connectivity index (χ0n) is 9.25. The summed E-state index contributed by atoms with van der Waals surface area (Å²) < 4.78 is 64.9. The van der Waals surface area contributed by atoms with Crippen molar-refractivity contribution in [1.29, 1.82) is 0 Å². The second-order valence-corrected chi connectivity index (χ2v) is 3.67. The van der Waals surface area contributed by atoms with Crippen molar-refractivity contribution in [2.24, 2.45) is 5.73 Å². The smallest absolute Gasteiger partial charge is 0.403 e. The van der Waals surface area contributed by atoms with Crippen LogP contribution in [0.2, 0.25) is 0 Å². The van der Waals surface area contributed by atoms with Gasteiger partial charge >= 0.3 is 12.8 Å². The van der Waals surface area contributed by atoms with Gasteiger partial charge in [0.15, 0.2) is 0 Å². The summed E-state index contributed by atoms with van der Waals surface area (Å²) in [5, 5.41) is 0. The highest BCUT2D eigenvalue weighted by atomic mass is 19.4. The Hall–Kier alpha value is -1.37. The normalized spacial score (nSPS) is 13.7. The Morgan fingerprint density at radius 3 is 2.33 bits per heavy atom. The molecule has 0 bridgehead atoms. The molecule has 0 fully saturated rings. The van der Waals surface area contributed by atoms with Crippen LogP contribution in [0.25, 0.3) is 0 Å². The Balaban J connectivity index is 2.67. The van der Waals surface area contributed by atoms with E-state index in [1.165, 1.54) is 24.3 Å². The average Bonchev–Trinajstić information content (AvgIpc) is 2.25. The largest absolute Gasteiger partial charge is 0.435 e. The number of benzene rings is 1. The van der Waals surface area contributed by atoms with Crippen LogP contribution in [-0.4, -0.2) is 18.8 Å². The molecule has 2 nitrogen and oxygen atoms in total. The first-order valence-electron chi connectivity index (χ1n) is 5.15. The molecule has 1 atom stereocenters. The number of ether oxygens (including phenoxy) is 1. The molecule has 0 aliphatic carbocycles. The minimum Gasteiger partial charge on any atom is -0.435 e. The topological polar surface area (TPSA) is 35.2 Å². The summed E-state index contributed by atoms with van der Waals surface area (Å²) in [6.45, 7) is -3.01. The first-order chi connectivity index (χ1) is 8.30. The van der Waals surface area contributed by atoms with Gasteiger partial charge in [-0.2, -0.15) is 22.0 Å². The number of hydrogen-bond donors (Lipinski definition) is 1. The van der Waals surface area contributed by atoms with E-state index in [1.807, 2.05) is 0 Å². The number of alkyl halides is 5. The Labute approximate surface area is 101 Å². The van der Waals surface area contributed by atoms with E-state index in [9.17, 15) is 22.0 Å². The first kappa shape index (κ1) is 14.7. The number of aryl methyl sites for hydroxylation is 1. The van der Waals surface area contributed by atoms with Gasteiger partial charge in [0, 0.05) is 0 Å². The highest BCUT2D eigenvalue weighted by Crippen LogP contribution is 2.25. The number of nitrogens with two attached hydrogens (primary N) is 1. The van der Waals surface area contributed by atoms with Crippen LogP contribution in [0.1, 0.15) is 12.0 Å². The Kier molecular flexibility index (Phi) is 4.89. The van der Waals surface area contributed by atoms with Crippen LogP contribution in [0.5, 0.6) is 5.75 Å². The van der Waals surface area contributed by atoms with E-state index in [2.05, 4.69) is 4.74 Å². The summed E-state index contributed by atoms with van der Waals surface area (Å²) in [5.74, 6) is -0.123. The average molecular weight is 269 g/mol. The van der Waals surface area contributed by atoms with Gasteiger partial charge in [-0.15, -0.1) is 0 Å². The van der Waals surface area contributed by atoms with Gasteiger partial charge in [0.05, 0.1) is 0 Å². The monoisotopic (exact) mass is 269 g/mol. The molecule has 0 saturated carbocycles. The molecule has 1 aromatic rings. The summed E-state index contributed by atoms with van der Waals surface area (Å²) in [6.07, 6.45) is -4.95. The molecular formula is C11H12F5NO. The zero-order chi connectivity index (χ0) is 13.8. The molecule has 18 heavy (non-hydrogen) atoms. The van der Waals surface area contributed by atoms with Crippen molar-refractivity contribution < 1.29 is 26.7 Å². The Morgan fingerprint density at radius 1 is 1.17 bits per heavy atom. The van der Waals surface area contributed by atoms with E-state index in [0.717, 1.165) is 0 Å². The van der Waals surface area contributed by atoms with Crippen molar-refractivity contribution >= 4 is 0 Å². The van der Waals surface area contributed by atoms with Crippen molar-refractivity contribution in [1.82, 2.24) is 0 Å². The van der Waals surface area contributed by atoms with Gasteiger partial charge in [-0.3, -0.25) is 0 Å². The number of para-hydroxylation sites is 1. The fraction of sp³-hybridized carbons (Fsp3) is 0.455. The molecule has 0 aliphatic rings. The summed E-state index contributed by atoms with van der Waals surface area (Å²) in [5.41, 5.74) is 5.21. The second kappa shape index (κ2) is 5.99. The first-order valence-corrected chi connectivity index (χ1v) is 5.15. The fourth-order valence-electron chi connectivity index (χ4n) is 1.40. The maximum absolute atomic E-state index is 12.2. The lowest BCUT2D eigenvalue weighted by molar-refractivity contribution is -0.148. The lowest BCUT2D eigenvalue weighted by atomic mass is 10.0. The van der Waals surface area contributed by atoms with E-state index < -0.39 is 18.8 Å². The summed E-state index contributed by atoms with van der Waals surface area (Å²) in [6, 6.07) is 3.73. The molecule has 7 heteroatoms. The van der Waals surface area contributed by atoms with E-state index in [4.69, 9.17) is 5.73 Å². The third kappa shape index (κ3) is 4.48. The summed E-state index contributed by atoms with van der Waals surface area (Å²) in [7, 11) is 0. The molecule has 1 unspecified atom stereocenters. The van der Waals surface area contributed by atoms with Gasteiger partial charge in [-0.05, 0) is 24.5 Å². The lowest BCUT2D eigenvalue weighted by Gasteiger charge is -2.16. The molecule has 1 aromatic carbocycles. The number of hydrogen-bond acceptors (Lipinski definition) is 2. The molecule has 102 valence electrons. The molecule has 0 amide bonds. The quantitative estimate of drug-likeness (QED) is 0.833. The molecule has 2 N–H and O–H groups in total.